The third kappa shape index (κ3) is 14.2. The Hall–Kier alpha value is -1.46. The maximum absolute atomic E-state index is 11.8. The van der Waals surface area contributed by atoms with Gasteiger partial charge in [-0.3, -0.25) is 0 Å². The fraction of sp³-hybridized carbons (Fsp3) is 0.913. The molecule has 1 rings (SSSR count). The molecule has 0 aromatic heterocycles. The number of carbonyl (C=O) groups excluding carboxylic acids is 2. The van der Waals surface area contributed by atoms with Gasteiger partial charge < -0.3 is 18.9 Å². The maximum atomic E-state index is 11.8. The lowest BCUT2D eigenvalue weighted by Crippen LogP contribution is -2.30. The Morgan fingerprint density at radius 1 is 0.690 bits per heavy atom. The van der Waals surface area contributed by atoms with Crippen molar-refractivity contribution in [1.82, 2.24) is 0 Å². The molecule has 6 nitrogen and oxygen atoms in total. The number of rotatable bonds is 13. The van der Waals surface area contributed by atoms with Gasteiger partial charge in [0.25, 0.3) is 0 Å². The molecule has 6 heteroatoms. The Balaban J connectivity index is 1.99. The van der Waals surface area contributed by atoms with Crippen LogP contribution in [-0.4, -0.2) is 37.7 Å². The van der Waals surface area contributed by atoms with Crippen molar-refractivity contribution < 1.29 is 28.5 Å². The van der Waals surface area contributed by atoms with E-state index in [2.05, 4.69) is 13.8 Å². The predicted molar refractivity (Wildman–Crippen MR) is 113 cm³/mol. The van der Waals surface area contributed by atoms with Crippen molar-refractivity contribution in [2.75, 3.05) is 13.2 Å². The zero-order chi connectivity index (χ0) is 21.5. The van der Waals surface area contributed by atoms with E-state index in [4.69, 9.17) is 18.9 Å². The van der Waals surface area contributed by atoms with E-state index in [9.17, 15) is 9.59 Å². The molecule has 1 saturated carbocycles. The number of hydrogen-bond acceptors (Lipinski definition) is 6. The van der Waals surface area contributed by atoms with Crippen LogP contribution in [0.1, 0.15) is 98.3 Å². The van der Waals surface area contributed by atoms with Crippen LogP contribution in [-0.2, 0) is 18.9 Å². The highest BCUT2D eigenvalue weighted by molar-refractivity contribution is 5.60. The molecule has 0 heterocycles. The van der Waals surface area contributed by atoms with E-state index in [0.717, 1.165) is 18.8 Å². The van der Waals surface area contributed by atoms with Crippen LogP contribution in [0.25, 0.3) is 0 Å². The second-order valence-corrected chi connectivity index (χ2v) is 8.99. The zero-order valence-electron chi connectivity index (χ0n) is 19.0. The van der Waals surface area contributed by atoms with Crippen molar-refractivity contribution in [3.8, 4) is 0 Å². The van der Waals surface area contributed by atoms with Crippen molar-refractivity contribution in [3.05, 3.63) is 0 Å². The summed E-state index contributed by atoms with van der Waals surface area (Å²) in [6.45, 7) is 9.27. The summed E-state index contributed by atoms with van der Waals surface area (Å²) in [5, 5.41) is 0. The van der Waals surface area contributed by atoms with E-state index in [1.54, 1.807) is 0 Å². The second-order valence-electron chi connectivity index (χ2n) is 8.99. The van der Waals surface area contributed by atoms with E-state index in [1.165, 1.54) is 32.1 Å². The van der Waals surface area contributed by atoms with Crippen molar-refractivity contribution >= 4 is 12.3 Å². The highest BCUT2D eigenvalue weighted by Crippen LogP contribution is 2.24. The third-order valence-corrected chi connectivity index (χ3v) is 5.08. The number of carbonyl (C=O) groups is 2. The van der Waals surface area contributed by atoms with Crippen molar-refractivity contribution in [2.24, 2.45) is 11.8 Å². The molecule has 0 radical (unpaired) electrons. The van der Waals surface area contributed by atoms with Crippen LogP contribution in [0.5, 0.6) is 0 Å². The fourth-order valence-corrected chi connectivity index (χ4v) is 3.36. The Morgan fingerprint density at radius 3 is 1.69 bits per heavy atom. The van der Waals surface area contributed by atoms with Gasteiger partial charge in [-0.05, 0) is 43.9 Å². The summed E-state index contributed by atoms with van der Waals surface area (Å²) >= 11 is 0. The van der Waals surface area contributed by atoms with Gasteiger partial charge in [-0.2, -0.15) is 0 Å². The molecule has 0 saturated heterocycles. The molecular weight excluding hydrogens is 372 g/mol. The van der Waals surface area contributed by atoms with Crippen LogP contribution in [0.3, 0.4) is 0 Å². The van der Waals surface area contributed by atoms with Gasteiger partial charge >= 0.3 is 12.3 Å². The monoisotopic (exact) mass is 414 g/mol. The minimum atomic E-state index is -0.609. The number of unbranched alkanes of at least 4 members (excludes halogenated alkanes) is 5. The molecular formula is C23H42O6. The number of hydrogen-bond donors (Lipinski definition) is 0. The fourth-order valence-electron chi connectivity index (χ4n) is 3.36. The molecule has 0 N–H and O–H groups in total. The van der Waals surface area contributed by atoms with Gasteiger partial charge in [-0.15, -0.1) is 0 Å². The van der Waals surface area contributed by atoms with Crippen molar-refractivity contribution in [3.63, 3.8) is 0 Å². The smallest absolute Gasteiger partial charge is 0.434 e. The molecule has 1 aliphatic rings. The van der Waals surface area contributed by atoms with Crippen molar-refractivity contribution in [2.45, 2.75) is 111 Å². The van der Waals surface area contributed by atoms with Gasteiger partial charge in [0.2, 0.25) is 0 Å². The Morgan fingerprint density at radius 2 is 1.17 bits per heavy atom. The lowest BCUT2D eigenvalue weighted by atomic mass is 9.95. The quantitative estimate of drug-likeness (QED) is 0.248. The van der Waals surface area contributed by atoms with Crippen LogP contribution in [0.4, 0.5) is 9.59 Å². The van der Waals surface area contributed by atoms with E-state index in [1.807, 2.05) is 13.8 Å². The summed E-state index contributed by atoms with van der Waals surface area (Å²) in [5.41, 5.74) is 0. The molecule has 1 aliphatic carbocycles. The topological polar surface area (TPSA) is 71.1 Å². The van der Waals surface area contributed by atoms with Gasteiger partial charge in [0.15, 0.2) is 0 Å². The first-order chi connectivity index (χ1) is 13.9. The van der Waals surface area contributed by atoms with E-state index >= 15 is 0 Å². The molecule has 0 aromatic carbocycles. The normalized spacial score (nSPS) is 19.2. The van der Waals surface area contributed by atoms with Crippen LogP contribution in [0.15, 0.2) is 0 Å². The van der Waals surface area contributed by atoms with E-state index < -0.39 is 12.3 Å². The first kappa shape index (κ1) is 25.6. The van der Waals surface area contributed by atoms with Crippen LogP contribution < -0.4 is 0 Å². The lowest BCUT2D eigenvalue weighted by molar-refractivity contribution is -0.0285. The average Bonchev–Trinajstić information content (AvgIpc) is 2.66. The highest BCUT2D eigenvalue weighted by Gasteiger charge is 2.27. The Kier molecular flexibility index (Phi) is 13.6. The van der Waals surface area contributed by atoms with Crippen LogP contribution in [0.2, 0.25) is 0 Å². The molecule has 170 valence electrons. The largest absolute Gasteiger partial charge is 0.508 e. The molecule has 0 unspecified atom stereocenters. The third-order valence-electron chi connectivity index (χ3n) is 5.08. The molecule has 0 amide bonds. The van der Waals surface area contributed by atoms with Crippen molar-refractivity contribution in [1.29, 1.82) is 0 Å². The summed E-state index contributed by atoms with van der Waals surface area (Å²) in [5.74, 6) is 1.08. The Bertz CT molecular complexity index is 441. The summed E-state index contributed by atoms with van der Waals surface area (Å²) in [6.07, 6.45) is 9.53. The minimum Gasteiger partial charge on any atom is -0.434 e. The lowest BCUT2D eigenvalue weighted by Gasteiger charge is -2.27. The first-order valence-electron chi connectivity index (χ1n) is 11.5. The first-order valence-corrected chi connectivity index (χ1v) is 11.5. The summed E-state index contributed by atoms with van der Waals surface area (Å²) in [4.78, 5) is 23.4. The highest BCUT2D eigenvalue weighted by atomic mass is 16.7. The summed E-state index contributed by atoms with van der Waals surface area (Å²) < 4.78 is 20.9. The Labute approximate surface area is 177 Å². The van der Waals surface area contributed by atoms with E-state index in [0.29, 0.717) is 38.9 Å². The summed E-state index contributed by atoms with van der Waals surface area (Å²) in [7, 11) is 0. The van der Waals surface area contributed by atoms with Gasteiger partial charge in [0.1, 0.15) is 12.2 Å². The molecule has 0 atom stereocenters. The maximum Gasteiger partial charge on any atom is 0.508 e. The van der Waals surface area contributed by atoms with Gasteiger partial charge in [-0.1, -0.05) is 66.2 Å². The number of ether oxygens (including phenoxy) is 4. The molecule has 0 bridgehead atoms. The standard InChI is InChI=1S/C23H42O6/c1-18(2)11-9-7-5-6-8-10-16-26-22(24)28-20-12-14-21(15-13-20)29-23(25)27-17-19(3)4/h18-21H,5-17H2,1-4H3. The molecule has 0 aromatic rings. The van der Waals surface area contributed by atoms with Gasteiger partial charge in [-0.25, -0.2) is 9.59 Å². The predicted octanol–water partition coefficient (Wildman–Crippen LogP) is 6.65. The van der Waals surface area contributed by atoms with E-state index in [-0.39, 0.29) is 18.1 Å². The molecule has 0 aliphatic heterocycles. The van der Waals surface area contributed by atoms with Crippen LogP contribution in [0, 0.1) is 11.8 Å². The second kappa shape index (κ2) is 15.4. The summed E-state index contributed by atoms with van der Waals surface area (Å²) in [6, 6.07) is 0. The molecule has 29 heavy (non-hydrogen) atoms. The van der Waals surface area contributed by atoms with Gasteiger partial charge in [0.05, 0.1) is 13.2 Å². The molecule has 1 fully saturated rings. The average molecular weight is 415 g/mol. The van der Waals surface area contributed by atoms with Crippen LogP contribution >= 0.6 is 0 Å². The SMILES string of the molecule is CC(C)CCCCCCCCOC(=O)OC1CCC(OC(=O)OCC(C)C)CC1. The molecule has 0 spiro atoms. The minimum absolute atomic E-state index is 0.157. The zero-order valence-corrected chi connectivity index (χ0v) is 19.0. The van der Waals surface area contributed by atoms with Gasteiger partial charge in [0, 0.05) is 0 Å².